The van der Waals surface area contributed by atoms with E-state index in [1.54, 1.807) is 0 Å². The van der Waals surface area contributed by atoms with Crippen molar-refractivity contribution in [1.29, 1.82) is 0 Å². The minimum Gasteiger partial charge on any atom is -0.378 e. The molecule has 0 radical (unpaired) electrons. The average molecular weight is 441 g/mol. The maximum Gasteiger partial charge on any atom is 0.329 e. The Bertz CT molecular complexity index is 865. The third-order valence-corrected chi connectivity index (χ3v) is 6.51. The summed E-state index contributed by atoms with van der Waals surface area (Å²) in [6, 6.07) is 8.71. The summed E-state index contributed by atoms with van der Waals surface area (Å²) in [7, 11) is 0. The number of anilines is 2. The third kappa shape index (κ3) is 6.63. The molecule has 1 aromatic carbocycles. The number of hydrogen-bond acceptors (Lipinski definition) is 7. The minimum atomic E-state index is -0.547. The van der Waals surface area contributed by atoms with Crippen molar-refractivity contribution in [3.05, 3.63) is 51.7 Å². The second-order valence-electron chi connectivity index (χ2n) is 8.97. The van der Waals surface area contributed by atoms with Gasteiger partial charge in [0, 0.05) is 13.1 Å². The molecule has 2 aromatic rings. The van der Waals surface area contributed by atoms with Gasteiger partial charge < -0.3 is 16.4 Å². The molecular formula is C24H36N6O2. The maximum absolute atomic E-state index is 11.1. The lowest BCUT2D eigenvalue weighted by atomic mass is 9.82. The Morgan fingerprint density at radius 1 is 1.09 bits per heavy atom. The molecule has 1 fully saturated rings. The number of nitrogens with zero attached hydrogens (tertiary/aromatic N) is 4. The van der Waals surface area contributed by atoms with Crippen LogP contribution in [0.15, 0.2) is 30.5 Å². The molecule has 8 heteroatoms. The average Bonchev–Trinajstić information content (AvgIpc) is 2.80. The van der Waals surface area contributed by atoms with Crippen LogP contribution in [0.4, 0.5) is 17.5 Å². The molecule has 0 atom stereocenters. The van der Waals surface area contributed by atoms with E-state index < -0.39 is 4.92 Å². The summed E-state index contributed by atoms with van der Waals surface area (Å²) in [5.41, 5.74) is 14.0. The number of nitrogens with two attached hydrogens (primary N) is 2. The van der Waals surface area contributed by atoms with Gasteiger partial charge >= 0.3 is 5.69 Å². The lowest BCUT2D eigenvalue weighted by Crippen LogP contribution is -2.33. The maximum atomic E-state index is 11.1. The second-order valence-corrected chi connectivity index (χ2v) is 8.97. The third-order valence-electron chi connectivity index (χ3n) is 6.51. The summed E-state index contributed by atoms with van der Waals surface area (Å²) in [6.07, 6.45) is 10.5. The molecule has 0 aliphatic heterocycles. The Hall–Kier alpha value is -2.74. The highest BCUT2D eigenvalue weighted by molar-refractivity contribution is 5.54. The number of aryl methyl sites for hydroxylation is 1. The van der Waals surface area contributed by atoms with Crippen molar-refractivity contribution in [1.82, 2.24) is 9.97 Å². The van der Waals surface area contributed by atoms with Gasteiger partial charge in [-0.15, -0.1) is 0 Å². The largest absolute Gasteiger partial charge is 0.378 e. The lowest BCUT2D eigenvalue weighted by molar-refractivity contribution is -0.384. The minimum absolute atomic E-state index is 0.0943. The van der Waals surface area contributed by atoms with E-state index in [0.29, 0.717) is 24.3 Å². The number of nitro groups is 1. The lowest BCUT2D eigenvalue weighted by Gasteiger charge is -2.32. The van der Waals surface area contributed by atoms with E-state index in [9.17, 15) is 10.1 Å². The van der Waals surface area contributed by atoms with Gasteiger partial charge in [-0.05, 0) is 68.0 Å². The van der Waals surface area contributed by atoms with Crippen molar-refractivity contribution in [3.63, 3.8) is 0 Å². The van der Waals surface area contributed by atoms with Crippen LogP contribution in [0.5, 0.6) is 0 Å². The smallest absolute Gasteiger partial charge is 0.329 e. The number of nitrogen functional groups attached to an aromatic ring is 1. The molecule has 0 spiro atoms. The van der Waals surface area contributed by atoms with Crippen LogP contribution in [0.1, 0.15) is 63.0 Å². The van der Waals surface area contributed by atoms with Gasteiger partial charge in [-0.25, -0.2) is 4.98 Å². The molecule has 8 nitrogen and oxygen atoms in total. The van der Waals surface area contributed by atoms with Crippen LogP contribution < -0.4 is 16.4 Å². The van der Waals surface area contributed by atoms with Crippen LogP contribution in [-0.4, -0.2) is 28.0 Å². The van der Waals surface area contributed by atoms with Gasteiger partial charge in [0.25, 0.3) is 0 Å². The molecule has 0 unspecified atom stereocenters. The summed E-state index contributed by atoms with van der Waals surface area (Å²) in [5, 5.41) is 11.1. The van der Waals surface area contributed by atoms with Gasteiger partial charge in [0.2, 0.25) is 11.8 Å². The molecule has 1 aliphatic rings. The van der Waals surface area contributed by atoms with Crippen molar-refractivity contribution in [3.8, 4) is 0 Å². The van der Waals surface area contributed by atoms with Gasteiger partial charge in [0.15, 0.2) is 0 Å². The van der Waals surface area contributed by atoms with Crippen LogP contribution in [-0.2, 0) is 13.0 Å². The molecule has 0 amide bonds. The summed E-state index contributed by atoms with van der Waals surface area (Å²) in [4.78, 5) is 21.3. The first-order valence-corrected chi connectivity index (χ1v) is 11.8. The molecule has 32 heavy (non-hydrogen) atoms. The molecule has 1 aliphatic carbocycles. The zero-order valence-corrected chi connectivity index (χ0v) is 19.1. The monoisotopic (exact) mass is 440 g/mol. The SMILES string of the molecule is CCCCCc1ccc(CN(CC2CCC(CN)CC2)c2ncc([N+](=O)[O-])c(N)n2)cc1. The van der Waals surface area contributed by atoms with Crippen molar-refractivity contribution in [2.45, 2.75) is 64.8 Å². The molecular weight excluding hydrogens is 404 g/mol. The Balaban J connectivity index is 1.74. The first kappa shape index (κ1) is 23.9. The van der Waals surface area contributed by atoms with Gasteiger partial charge in [-0.3, -0.25) is 10.1 Å². The second kappa shape index (κ2) is 11.8. The van der Waals surface area contributed by atoms with Gasteiger partial charge in [0.1, 0.15) is 6.20 Å². The van der Waals surface area contributed by atoms with Crippen molar-refractivity contribution >= 4 is 17.5 Å². The van der Waals surface area contributed by atoms with Gasteiger partial charge in [0.05, 0.1) is 4.92 Å². The fourth-order valence-corrected chi connectivity index (χ4v) is 4.46. The van der Waals surface area contributed by atoms with E-state index in [1.165, 1.54) is 36.6 Å². The number of benzene rings is 1. The molecule has 1 heterocycles. The molecule has 0 bridgehead atoms. The number of rotatable bonds is 11. The Morgan fingerprint density at radius 2 is 1.75 bits per heavy atom. The predicted molar refractivity (Wildman–Crippen MR) is 128 cm³/mol. The van der Waals surface area contributed by atoms with Crippen LogP contribution in [0.3, 0.4) is 0 Å². The zero-order valence-electron chi connectivity index (χ0n) is 19.1. The van der Waals surface area contributed by atoms with Crippen molar-refractivity contribution < 1.29 is 4.92 Å². The van der Waals surface area contributed by atoms with E-state index >= 15 is 0 Å². The number of unbranched alkanes of at least 4 members (excludes halogenated alkanes) is 2. The molecule has 1 saturated carbocycles. The summed E-state index contributed by atoms with van der Waals surface area (Å²) in [6.45, 7) is 4.41. The predicted octanol–water partition coefficient (Wildman–Crippen LogP) is 4.47. The van der Waals surface area contributed by atoms with E-state index in [-0.39, 0.29) is 11.5 Å². The highest BCUT2D eigenvalue weighted by Gasteiger charge is 2.25. The fourth-order valence-electron chi connectivity index (χ4n) is 4.46. The molecule has 3 rings (SSSR count). The van der Waals surface area contributed by atoms with E-state index in [0.717, 1.165) is 45.2 Å². The number of aromatic nitrogens is 2. The van der Waals surface area contributed by atoms with Gasteiger partial charge in [-0.1, -0.05) is 44.0 Å². The van der Waals surface area contributed by atoms with Crippen molar-refractivity contribution in [2.75, 3.05) is 23.7 Å². The fraction of sp³-hybridized carbons (Fsp3) is 0.583. The van der Waals surface area contributed by atoms with Crippen molar-refractivity contribution in [2.24, 2.45) is 17.6 Å². The first-order chi connectivity index (χ1) is 15.5. The van der Waals surface area contributed by atoms with Crippen LogP contribution in [0, 0.1) is 22.0 Å². The van der Waals surface area contributed by atoms with Crippen LogP contribution in [0.25, 0.3) is 0 Å². The van der Waals surface area contributed by atoms with Crippen LogP contribution >= 0.6 is 0 Å². The topological polar surface area (TPSA) is 124 Å². The Morgan fingerprint density at radius 3 is 2.34 bits per heavy atom. The Kier molecular flexibility index (Phi) is 8.79. The molecule has 174 valence electrons. The standard InChI is InChI=1S/C24H36N6O2/c1-2-3-4-5-18-6-10-20(11-7-18)16-29(17-21-12-8-19(14-25)9-13-21)24-27-15-22(30(31)32)23(26)28-24/h6-7,10-11,15,19,21H,2-5,8-9,12-14,16-17,25H2,1H3,(H2,26,27,28). The highest BCUT2D eigenvalue weighted by atomic mass is 16.6. The normalized spacial score (nSPS) is 18.4. The molecule has 0 saturated heterocycles. The van der Waals surface area contributed by atoms with E-state index in [4.69, 9.17) is 11.5 Å². The van der Waals surface area contributed by atoms with E-state index in [2.05, 4.69) is 46.1 Å². The van der Waals surface area contributed by atoms with Crippen LogP contribution in [0.2, 0.25) is 0 Å². The Labute approximate surface area is 190 Å². The molecule has 1 aromatic heterocycles. The summed E-state index contributed by atoms with van der Waals surface area (Å²) < 4.78 is 0. The summed E-state index contributed by atoms with van der Waals surface area (Å²) >= 11 is 0. The number of hydrogen-bond donors (Lipinski definition) is 2. The quantitative estimate of drug-likeness (QED) is 0.300. The first-order valence-electron chi connectivity index (χ1n) is 11.8. The van der Waals surface area contributed by atoms with E-state index in [1.807, 2.05) is 0 Å². The van der Waals surface area contributed by atoms with Gasteiger partial charge in [-0.2, -0.15) is 4.98 Å². The zero-order chi connectivity index (χ0) is 22.9. The molecule has 4 N–H and O–H groups in total. The summed E-state index contributed by atoms with van der Waals surface area (Å²) in [5.74, 6) is 1.49. The highest BCUT2D eigenvalue weighted by Crippen LogP contribution is 2.30.